The maximum Gasteiger partial charge on any atom is 0.296 e. The summed E-state index contributed by atoms with van der Waals surface area (Å²) in [5.41, 5.74) is 3.70. The Labute approximate surface area is 102 Å². The van der Waals surface area contributed by atoms with Crippen LogP contribution in [0.4, 0.5) is 0 Å². The van der Waals surface area contributed by atoms with Crippen LogP contribution in [0, 0.1) is 11.8 Å². The molecule has 0 bridgehead atoms. The van der Waals surface area contributed by atoms with Gasteiger partial charge in [0.15, 0.2) is 0 Å². The standard InChI is InChI=1S/C14H16N2O/c1-2-5-14(17)16-10-11-8-9-15-13-7-4-3-6-12(11)13/h8-9H,3-4,6-7,10H2,1H3,(H,16,17). The van der Waals surface area contributed by atoms with Gasteiger partial charge >= 0.3 is 0 Å². The van der Waals surface area contributed by atoms with E-state index < -0.39 is 0 Å². The van der Waals surface area contributed by atoms with Gasteiger partial charge in [-0.2, -0.15) is 0 Å². The molecule has 0 aliphatic heterocycles. The first kappa shape index (κ1) is 11.7. The summed E-state index contributed by atoms with van der Waals surface area (Å²) in [6, 6.07) is 1.99. The molecular weight excluding hydrogens is 212 g/mol. The van der Waals surface area contributed by atoms with E-state index in [-0.39, 0.29) is 5.91 Å². The quantitative estimate of drug-likeness (QED) is 0.781. The number of carbonyl (C=O) groups excluding carboxylic acids is 1. The number of aromatic nitrogens is 1. The molecule has 88 valence electrons. The van der Waals surface area contributed by atoms with Crippen molar-refractivity contribution in [3.63, 3.8) is 0 Å². The Morgan fingerprint density at radius 2 is 2.29 bits per heavy atom. The smallest absolute Gasteiger partial charge is 0.296 e. The van der Waals surface area contributed by atoms with Crippen LogP contribution in [-0.2, 0) is 24.2 Å². The molecule has 2 rings (SSSR count). The van der Waals surface area contributed by atoms with Crippen LogP contribution in [0.3, 0.4) is 0 Å². The van der Waals surface area contributed by atoms with Crippen LogP contribution >= 0.6 is 0 Å². The van der Waals surface area contributed by atoms with Crippen molar-refractivity contribution in [3.05, 3.63) is 29.1 Å². The second-order valence-electron chi connectivity index (χ2n) is 4.16. The summed E-state index contributed by atoms with van der Waals surface area (Å²) >= 11 is 0. The minimum Gasteiger partial charge on any atom is -0.341 e. The zero-order valence-electron chi connectivity index (χ0n) is 10.0. The largest absolute Gasteiger partial charge is 0.341 e. The highest BCUT2D eigenvalue weighted by atomic mass is 16.1. The lowest BCUT2D eigenvalue weighted by Gasteiger charge is -2.18. The Morgan fingerprint density at radius 1 is 1.47 bits per heavy atom. The van der Waals surface area contributed by atoms with E-state index in [4.69, 9.17) is 0 Å². The fourth-order valence-electron chi connectivity index (χ4n) is 2.19. The zero-order valence-corrected chi connectivity index (χ0v) is 10.0. The van der Waals surface area contributed by atoms with Crippen LogP contribution in [0.15, 0.2) is 12.3 Å². The molecule has 0 aromatic carbocycles. The lowest BCUT2D eigenvalue weighted by Crippen LogP contribution is -2.22. The van der Waals surface area contributed by atoms with Gasteiger partial charge < -0.3 is 5.32 Å². The van der Waals surface area contributed by atoms with E-state index in [0.717, 1.165) is 12.8 Å². The Balaban J connectivity index is 2.10. The highest BCUT2D eigenvalue weighted by Crippen LogP contribution is 2.22. The van der Waals surface area contributed by atoms with Gasteiger partial charge in [0.05, 0.1) is 0 Å². The number of carbonyl (C=O) groups is 1. The molecule has 1 aliphatic carbocycles. The van der Waals surface area contributed by atoms with Crippen molar-refractivity contribution >= 4 is 5.91 Å². The highest BCUT2D eigenvalue weighted by Gasteiger charge is 2.13. The van der Waals surface area contributed by atoms with Gasteiger partial charge in [0.1, 0.15) is 0 Å². The number of pyridine rings is 1. The molecule has 0 spiro atoms. The Bertz CT molecular complexity index is 483. The van der Waals surface area contributed by atoms with Crippen molar-refractivity contribution in [1.82, 2.24) is 10.3 Å². The molecule has 1 N–H and O–H groups in total. The average molecular weight is 228 g/mol. The number of nitrogens with one attached hydrogen (secondary N) is 1. The third-order valence-electron chi connectivity index (χ3n) is 3.01. The molecule has 1 amide bonds. The predicted molar refractivity (Wildman–Crippen MR) is 66.2 cm³/mol. The number of hydrogen-bond acceptors (Lipinski definition) is 2. The molecule has 0 fully saturated rings. The second-order valence-corrected chi connectivity index (χ2v) is 4.16. The number of amides is 1. The van der Waals surface area contributed by atoms with Gasteiger partial charge in [0.25, 0.3) is 5.91 Å². The molecule has 3 nitrogen and oxygen atoms in total. The Kier molecular flexibility index (Phi) is 3.77. The maximum absolute atomic E-state index is 11.3. The fourth-order valence-corrected chi connectivity index (χ4v) is 2.19. The molecular formula is C14H16N2O. The topological polar surface area (TPSA) is 42.0 Å². The number of aryl methyl sites for hydroxylation is 1. The lowest BCUT2D eigenvalue weighted by atomic mass is 9.92. The number of nitrogens with zero attached hydrogens (tertiary/aromatic N) is 1. The van der Waals surface area contributed by atoms with Gasteiger partial charge in [0.2, 0.25) is 0 Å². The third kappa shape index (κ3) is 2.85. The molecule has 1 aromatic heterocycles. The van der Waals surface area contributed by atoms with E-state index in [1.54, 1.807) is 6.92 Å². The van der Waals surface area contributed by atoms with E-state index >= 15 is 0 Å². The first-order valence-corrected chi connectivity index (χ1v) is 5.97. The molecule has 0 saturated carbocycles. The van der Waals surface area contributed by atoms with Crippen molar-refractivity contribution in [2.45, 2.75) is 39.2 Å². The van der Waals surface area contributed by atoms with Crippen molar-refractivity contribution < 1.29 is 4.79 Å². The normalized spacial score (nSPS) is 13.2. The molecule has 3 heteroatoms. The summed E-state index contributed by atoms with van der Waals surface area (Å²) in [6.07, 6.45) is 6.41. The van der Waals surface area contributed by atoms with Gasteiger partial charge in [-0.3, -0.25) is 9.78 Å². The minimum absolute atomic E-state index is 0.214. The second kappa shape index (κ2) is 5.49. The average Bonchev–Trinajstić information content (AvgIpc) is 2.36. The summed E-state index contributed by atoms with van der Waals surface area (Å²) in [5, 5.41) is 2.81. The van der Waals surface area contributed by atoms with Crippen molar-refractivity contribution in [2.75, 3.05) is 0 Å². The lowest BCUT2D eigenvalue weighted by molar-refractivity contribution is -0.115. The van der Waals surface area contributed by atoms with Crippen LogP contribution in [0.5, 0.6) is 0 Å². The summed E-state index contributed by atoms with van der Waals surface area (Å²) in [6.45, 7) is 2.21. The van der Waals surface area contributed by atoms with Crippen molar-refractivity contribution in [1.29, 1.82) is 0 Å². The maximum atomic E-state index is 11.3. The summed E-state index contributed by atoms with van der Waals surface area (Å²) in [4.78, 5) is 15.7. The van der Waals surface area contributed by atoms with Gasteiger partial charge in [-0.1, -0.05) is 5.92 Å². The summed E-state index contributed by atoms with van der Waals surface area (Å²) < 4.78 is 0. The van der Waals surface area contributed by atoms with E-state index in [9.17, 15) is 4.79 Å². The highest BCUT2D eigenvalue weighted by molar-refractivity contribution is 5.93. The molecule has 0 atom stereocenters. The molecule has 0 radical (unpaired) electrons. The first-order chi connectivity index (χ1) is 8.31. The van der Waals surface area contributed by atoms with E-state index in [0.29, 0.717) is 6.54 Å². The van der Waals surface area contributed by atoms with E-state index in [1.807, 2.05) is 12.3 Å². The van der Waals surface area contributed by atoms with Crippen LogP contribution in [-0.4, -0.2) is 10.9 Å². The first-order valence-electron chi connectivity index (χ1n) is 5.97. The molecule has 1 heterocycles. The summed E-state index contributed by atoms with van der Waals surface area (Å²) in [5.74, 6) is 4.86. The number of fused-ring (bicyclic) bond motifs is 1. The van der Waals surface area contributed by atoms with Gasteiger partial charge in [0, 0.05) is 18.4 Å². The van der Waals surface area contributed by atoms with E-state index in [1.165, 1.54) is 29.7 Å². The SMILES string of the molecule is CC#CC(=O)NCc1ccnc2c1CCCC2. The molecule has 0 unspecified atom stereocenters. The third-order valence-corrected chi connectivity index (χ3v) is 3.01. The van der Waals surface area contributed by atoms with Crippen molar-refractivity contribution in [3.8, 4) is 11.8 Å². The fraction of sp³-hybridized carbons (Fsp3) is 0.429. The molecule has 1 aromatic rings. The van der Waals surface area contributed by atoms with Gasteiger partial charge in [-0.15, -0.1) is 0 Å². The van der Waals surface area contributed by atoms with Crippen LogP contribution in [0.25, 0.3) is 0 Å². The molecule has 0 saturated heterocycles. The number of hydrogen-bond donors (Lipinski definition) is 1. The van der Waals surface area contributed by atoms with E-state index in [2.05, 4.69) is 22.1 Å². The van der Waals surface area contributed by atoms with Crippen molar-refractivity contribution in [2.24, 2.45) is 0 Å². The molecule has 17 heavy (non-hydrogen) atoms. The Morgan fingerprint density at radius 3 is 3.12 bits per heavy atom. The van der Waals surface area contributed by atoms with Crippen LogP contribution < -0.4 is 5.32 Å². The minimum atomic E-state index is -0.214. The monoisotopic (exact) mass is 228 g/mol. The summed E-state index contributed by atoms with van der Waals surface area (Å²) in [7, 11) is 0. The van der Waals surface area contributed by atoms with Crippen LogP contribution in [0.2, 0.25) is 0 Å². The molecule has 1 aliphatic rings. The zero-order chi connectivity index (χ0) is 12.1. The van der Waals surface area contributed by atoms with Gasteiger partial charge in [-0.25, -0.2) is 0 Å². The van der Waals surface area contributed by atoms with Crippen LogP contribution in [0.1, 0.15) is 36.6 Å². The van der Waals surface area contributed by atoms with Gasteiger partial charge in [-0.05, 0) is 55.7 Å². The Hall–Kier alpha value is -1.82. The number of rotatable bonds is 2. The predicted octanol–water partition coefficient (Wildman–Crippen LogP) is 1.60.